The number of carbonyl (C=O) groups is 1. The number of hydrogen-bond acceptors (Lipinski definition) is 4. The largest absolute Gasteiger partial charge is 0.461 e. The van der Waals surface area contributed by atoms with Crippen molar-refractivity contribution in [1.29, 1.82) is 0 Å². The quantitative estimate of drug-likeness (QED) is 0.504. The van der Waals surface area contributed by atoms with Crippen molar-refractivity contribution in [3.8, 4) is 0 Å². The van der Waals surface area contributed by atoms with Crippen molar-refractivity contribution in [3.63, 3.8) is 0 Å². The van der Waals surface area contributed by atoms with Gasteiger partial charge in [-0.2, -0.15) is 0 Å². The Kier molecular flexibility index (Phi) is 6.83. The van der Waals surface area contributed by atoms with E-state index in [0.717, 1.165) is 5.56 Å². The maximum atomic E-state index is 13.6. The smallest absolute Gasteiger partial charge is 0.302 e. The topological polar surface area (TPSA) is 60.4 Å². The zero-order valence-electron chi connectivity index (χ0n) is 16.3. The monoisotopic (exact) mass is 408 g/mol. The normalized spacial score (nSPS) is 13.4. The third-order valence-corrected chi connectivity index (χ3v) is 6.92. The van der Waals surface area contributed by atoms with Crippen LogP contribution in [0.2, 0.25) is 0 Å². The molecule has 4 nitrogen and oxygen atoms in total. The van der Waals surface area contributed by atoms with Crippen LogP contribution in [0.15, 0.2) is 95.9 Å². The van der Waals surface area contributed by atoms with Crippen LogP contribution in [0, 0.1) is 0 Å². The Bertz CT molecular complexity index is 1020. The zero-order chi connectivity index (χ0) is 20.7. The number of hydrogen-bond donors (Lipinski definition) is 0. The fraction of sp³-hybridized carbons (Fsp3) is 0.208. The Hall–Kier alpha value is -2.92. The molecule has 0 saturated heterocycles. The second kappa shape index (κ2) is 9.52. The maximum absolute atomic E-state index is 13.6. The molecule has 0 heterocycles. The molecule has 0 aromatic heterocycles. The summed E-state index contributed by atoms with van der Waals surface area (Å²) in [5.74, 6) is -0.493. The number of carbonyl (C=O) groups excluding carboxylic acids is 1. The predicted molar refractivity (Wildman–Crippen MR) is 113 cm³/mol. The molecule has 0 saturated carbocycles. The van der Waals surface area contributed by atoms with E-state index in [0.29, 0.717) is 18.4 Å². The van der Waals surface area contributed by atoms with Gasteiger partial charge in [-0.05, 0) is 36.1 Å². The van der Waals surface area contributed by atoms with Crippen LogP contribution in [0.4, 0.5) is 0 Å². The molecule has 0 amide bonds. The summed E-state index contributed by atoms with van der Waals surface area (Å²) >= 11 is 0. The molecule has 0 aliphatic heterocycles. The molecule has 0 fully saturated rings. The van der Waals surface area contributed by atoms with Gasteiger partial charge in [0.1, 0.15) is 11.4 Å². The minimum atomic E-state index is -3.78. The fourth-order valence-electron chi connectivity index (χ4n) is 3.43. The Balaban J connectivity index is 2.02. The van der Waals surface area contributed by atoms with E-state index in [9.17, 15) is 13.2 Å². The van der Waals surface area contributed by atoms with Gasteiger partial charge in [0, 0.05) is 6.92 Å². The van der Waals surface area contributed by atoms with Crippen molar-refractivity contribution in [3.05, 3.63) is 102 Å². The highest BCUT2D eigenvalue weighted by molar-refractivity contribution is 7.91. The summed E-state index contributed by atoms with van der Waals surface area (Å²) in [7, 11) is -3.78. The Morgan fingerprint density at radius 1 is 0.828 bits per heavy atom. The standard InChI is InChI=1S/C24H24O4S/c1-19(25)28-23(18-17-20-11-5-2-6-12-20)24(21-13-7-3-8-14-21)29(26,27)22-15-9-4-10-16-22/h2-16,23-24H,17-18H2,1H3. The third-order valence-electron chi connectivity index (χ3n) is 4.75. The molecule has 0 aliphatic rings. The molecule has 2 atom stereocenters. The molecule has 5 heteroatoms. The molecule has 0 aliphatic carbocycles. The van der Waals surface area contributed by atoms with E-state index in [2.05, 4.69) is 0 Å². The van der Waals surface area contributed by atoms with Crippen LogP contribution in [0.1, 0.15) is 29.7 Å². The second-order valence-electron chi connectivity index (χ2n) is 6.86. The van der Waals surface area contributed by atoms with Crippen molar-refractivity contribution < 1.29 is 17.9 Å². The molecule has 0 spiro atoms. The Morgan fingerprint density at radius 3 is 1.90 bits per heavy atom. The van der Waals surface area contributed by atoms with E-state index in [-0.39, 0.29) is 4.90 Å². The first-order valence-corrected chi connectivity index (χ1v) is 11.1. The molecule has 0 N–H and O–H groups in total. The number of sulfone groups is 1. The molecule has 0 radical (unpaired) electrons. The molecule has 3 rings (SSSR count). The minimum absolute atomic E-state index is 0.214. The van der Waals surface area contributed by atoms with Gasteiger partial charge in [0.25, 0.3) is 0 Å². The predicted octanol–water partition coefficient (Wildman–Crippen LogP) is 4.77. The highest BCUT2D eigenvalue weighted by Crippen LogP contribution is 2.35. The maximum Gasteiger partial charge on any atom is 0.302 e. The van der Waals surface area contributed by atoms with Gasteiger partial charge in [0.2, 0.25) is 0 Å². The van der Waals surface area contributed by atoms with E-state index in [4.69, 9.17) is 4.74 Å². The average molecular weight is 409 g/mol. The first-order valence-electron chi connectivity index (χ1n) is 9.53. The number of rotatable bonds is 8. The molecule has 0 bridgehead atoms. The van der Waals surface area contributed by atoms with Crippen molar-refractivity contribution in [2.75, 3.05) is 0 Å². The highest BCUT2D eigenvalue weighted by Gasteiger charge is 2.38. The van der Waals surface area contributed by atoms with Crippen LogP contribution >= 0.6 is 0 Å². The van der Waals surface area contributed by atoms with Crippen LogP contribution in [-0.2, 0) is 25.8 Å². The van der Waals surface area contributed by atoms with Crippen molar-refractivity contribution >= 4 is 15.8 Å². The third kappa shape index (κ3) is 5.33. The summed E-state index contributed by atoms with van der Waals surface area (Å²) in [6.07, 6.45) is 0.196. The van der Waals surface area contributed by atoms with Gasteiger partial charge in [0.05, 0.1) is 4.90 Å². The van der Waals surface area contributed by atoms with Crippen molar-refractivity contribution in [1.82, 2.24) is 0 Å². The first kappa shape index (κ1) is 20.8. The molecular weight excluding hydrogens is 384 g/mol. The fourth-order valence-corrected chi connectivity index (χ4v) is 5.37. The molecule has 2 unspecified atom stereocenters. The van der Waals surface area contributed by atoms with Gasteiger partial charge in [0.15, 0.2) is 9.84 Å². The summed E-state index contributed by atoms with van der Waals surface area (Å²) < 4.78 is 32.7. The van der Waals surface area contributed by atoms with E-state index in [1.165, 1.54) is 6.92 Å². The van der Waals surface area contributed by atoms with E-state index in [1.807, 2.05) is 36.4 Å². The molecule has 150 valence electrons. The van der Waals surface area contributed by atoms with E-state index < -0.39 is 27.2 Å². The van der Waals surface area contributed by atoms with Crippen LogP contribution in [-0.4, -0.2) is 20.5 Å². The average Bonchev–Trinajstić information content (AvgIpc) is 2.74. The SMILES string of the molecule is CC(=O)OC(CCc1ccccc1)C(c1ccccc1)S(=O)(=O)c1ccccc1. The van der Waals surface area contributed by atoms with Gasteiger partial charge in [-0.1, -0.05) is 78.9 Å². The summed E-state index contributed by atoms with van der Waals surface area (Å²) in [5.41, 5.74) is 1.67. The van der Waals surface area contributed by atoms with Gasteiger partial charge in [-0.3, -0.25) is 4.79 Å². The lowest BCUT2D eigenvalue weighted by Crippen LogP contribution is -2.31. The van der Waals surface area contributed by atoms with E-state index in [1.54, 1.807) is 54.6 Å². The van der Waals surface area contributed by atoms with E-state index >= 15 is 0 Å². The Labute approximate surface area is 172 Å². The Morgan fingerprint density at radius 2 is 1.34 bits per heavy atom. The van der Waals surface area contributed by atoms with Crippen molar-refractivity contribution in [2.45, 2.75) is 36.0 Å². The lowest BCUT2D eigenvalue weighted by Gasteiger charge is -2.27. The molecular formula is C24H24O4S. The van der Waals surface area contributed by atoms with Crippen LogP contribution in [0.25, 0.3) is 0 Å². The summed E-state index contributed by atoms with van der Waals surface area (Å²) in [6, 6.07) is 27.0. The van der Waals surface area contributed by atoms with Gasteiger partial charge < -0.3 is 4.74 Å². The minimum Gasteiger partial charge on any atom is -0.461 e. The summed E-state index contributed by atoms with van der Waals surface area (Å²) in [4.78, 5) is 12.1. The lowest BCUT2D eigenvalue weighted by molar-refractivity contribution is -0.146. The number of benzene rings is 3. The van der Waals surface area contributed by atoms with Crippen LogP contribution in [0.5, 0.6) is 0 Å². The van der Waals surface area contributed by atoms with Gasteiger partial charge >= 0.3 is 5.97 Å². The molecule has 3 aromatic carbocycles. The van der Waals surface area contributed by atoms with Crippen molar-refractivity contribution in [2.24, 2.45) is 0 Å². The highest BCUT2D eigenvalue weighted by atomic mass is 32.2. The zero-order valence-corrected chi connectivity index (χ0v) is 17.1. The number of ether oxygens (including phenoxy) is 1. The summed E-state index contributed by atoms with van der Waals surface area (Å²) in [5, 5.41) is -0.987. The van der Waals surface area contributed by atoms with Gasteiger partial charge in [-0.15, -0.1) is 0 Å². The summed E-state index contributed by atoms with van der Waals surface area (Å²) in [6.45, 7) is 1.31. The van der Waals surface area contributed by atoms with Gasteiger partial charge in [-0.25, -0.2) is 8.42 Å². The molecule has 3 aromatic rings. The number of esters is 1. The molecule has 29 heavy (non-hydrogen) atoms. The van der Waals surface area contributed by atoms with Crippen LogP contribution in [0.3, 0.4) is 0 Å². The second-order valence-corrected chi connectivity index (χ2v) is 8.93. The first-order chi connectivity index (χ1) is 14.0. The number of aryl methyl sites for hydroxylation is 1. The lowest BCUT2D eigenvalue weighted by atomic mass is 10.0. The van der Waals surface area contributed by atoms with Crippen LogP contribution < -0.4 is 0 Å².